The van der Waals surface area contributed by atoms with E-state index in [4.69, 9.17) is 10.5 Å². The third-order valence-corrected chi connectivity index (χ3v) is 5.40. The molecular weight excluding hydrogens is 392 g/mol. The first-order chi connectivity index (χ1) is 12.1. The van der Waals surface area contributed by atoms with Crippen molar-refractivity contribution in [3.8, 4) is 0 Å². The highest BCUT2D eigenvalue weighted by atomic mass is 35.5. The zero-order chi connectivity index (χ0) is 18.3. The van der Waals surface area contributed by atoms with Gasteiger partial charge in [-0.1, -0.05) is 26.0 Å². The number of hydrogen-bond donors (Lipinski definition) is 2. The molecule has 1 aliphatic heterocycles. The highest BCUT2D eigenvalue weighted by Crippen LogP contribution is 2.26. The van der Waals surface area contributed by atoms with Crippen molar-refractivity contribution in [2.75, 3.05) is 39.4 Å². The standard InChI is InChI=1S/C19H30FN3O2.2ClH/c1-3-19(4-2,14-21)18(24)22-13-17(23-8-10-25-11-9-23)15-6-5-7-16(20)12-15;;/h5-7,12,17H,3-4,8-11,13-14,21H2,1-2H3,(H,22,24);2*1H. The van der Waals surface area contributed by atoms with Gasteiger partial charge in [-0.2, -0.15) is 0 Å². The zero-order valence-corrected chi connectivity index (χ0v) is 17.7. The Morgan fingerprint density at radius 1 is 1.30 bits per heavy atom. The van der Waals surface area contributed by atoms with Gasteiger partial charge in [0.15, 0.2) is 0 Å². The molecule has 0 saturated carbocycles. The Balaban J connectivity index is 0.00000338. The second kappa shape index (κ2) is 12.5. The molecule has 2 rings (SSSR count). The molecule has 1 aromatic rings. The van der Waals surface area contributed by atoms with Crippen molar-refractivity contribution in [1.82, 2.24) is 10.2 Å². The summed E-state index contributed by atoms with van der Waals surface area (Å²) in [4.78, 5) is 15.0. The fraction of sp³-hybridized carbons (Fsp3) is 0.632. The molecule has 156 valence electrons. The summed E-state index contributed by atoms with van der Waals surface area (Å²) in [6, 6.07) is 6.52. The van der Waals surface area contributed by atoms with Crippen LogP contribution in [0.3, 0.4) is 0 Å². The lowest BCUT2D eigenvalue weighted by atomic mass is 9.81. The van der Waals surface area contributed by atoms with Gasteiger partial charge in [0.1, 0.15) is 5.82 Å². The summed E-state index contributed by atoms with van der Waals surface area (Å²) in [6.45, 7) is 7.57. The lowest BCUT2D eigenvalue weighted by Gasteiger charge is -2.36. The lowest BCUT2D eigenvalue weighted by molar-refractivity contribution is -0.131. The Morgan fingerprint density at radius 2 is 1.93 bits per heavy atom. The first kappa shape index (κ1) is 26.1. The van der Waals surface area contributed by atoms with E-state index in [1.807, 2.05) is 19.9 Å². The van der Waals surface area contributed by atoms with E-state index in [9.17, 15) is 9.18 Å². The average Bonchev–Trinajstić information content (AvgIpc) is 2.65. The van der Waals surface area contributed by atoms with Crippen LogP contribution in [0.1, 0.15) is 38.3 Å². The van der Waals surface area contributed by atoms with E-state index in [0.29, 0.717) is 39.1 Å². The maximum Gasteiger partial charge on any atom is 0.227 e. The van der Waals surface area contributed by atoms with Gasteiger partial charge in [0, 0.05) is 26.2 Å². The van der Waals surface area contributed by atoms with Gasteiger partial charge in [-0.25, -0.2) is 4.39 Å². The molecular formula is C19H32Cl2FN3O2. The molecule has 1 aliphatic rings. The van der Waals surface area contributed by atoms with Crippen LogP contribution in [0.2, 0.25) is 0 Å². The Bertz CT molecular complexity index is 559. The quantitative estimate of drug-likeness (QED) is 0.674. The molecule has 1 saturated heterocycles. The number of morpholine rings is 1. The van der Waals surface area contributed by atoms with E-state index in [1.54, 1.807) is 12.1 Å². The SMILES string of the molecule is CCC(CC)(CN)C(=O)NCC(c1cccc(F)c1)N1CCOCC1.Cl.Cl. The summed E-state index contributed by atoms with van der Waals surface area (Å²) in [6.07, 6.45) is 1.40. The summed E-state index contributed by atoms with van der Waals surface area (Å²) in [5.74, 6) is -0.282. The van der Waals surface area contributed by atoms with E-state index < -0.39 is 5.41 Å². The van der Waals surface area contributed by atoms with Gasteiger partial charge >= 0.3 is 0 Å². The monoisotopic (exact) mass is 423 g/mol. The van der Waals surface area contributed by atoms with Crippen molar-refractivity contribution in [1.29, 1.82) is 0 Å². The zero-order valence-electron chi connectivity index (χ0n) is 16.1. The van der Waals surface area contributed by atoms with Crippen LogP contribution in [0.25, 0.3) is 0 Å². The first-order valence-electron chi connectivity index (χ1n) is 9.12. The summed E-state index contributed by atoms with van der Waals surface area (Å²) in [5.41, 5.74) is 6.21. The number of halogens is 3. The van der Waals surface area contributed by atoms with E-state index in [2.05, 4.69) is 10.2 Å². The number of nitrogens with one attached hydrogen (secondary N) is 1. The molecule has 1 aromatic carbocycles. The minimum Gasteiger partial charge on any atom is -0.379 e. The molecule has 0 bridgehead atoms. The maximum atomic E-state index is 13.7. The largest absolute Gasteiger partial charge is 0.379 e. The van der Waals surface area contributed by atoms with Crippen LogP contribution in [0.15, 0.2) is 24.3 Å². The molecule has 1 heterocycles. The molecule has 1 fully saturated rings. The highest BCUT2D eigenvalue weighted by molar-refractivity contribution is 5.85. The minimum atomic E-state index is -0.530. The van der Waals surface area contributed by atoms with Gasteiger partial charge in [0.2, 0.25) is 5.91 Å². The number of hydrogen-bond acceptors (Lipinski definition) is 4. The first-order valence-corrected chi connectivity index (χ1v) is 9.12. The molecule has 3 N–H and O–H groups in total. The van der Waals surface area contributed by atoms with Gasteiger partial charge in [-0.05, 0) is 30.5 Å². The smallest absolute Gasteiger partial charge is 0.227 e. The molecule has 1 unspecified atom stereocenters. The van der Waals surface area contributed by atoms with Crippen LogP contribution in [0.5, 0.6) is 0 Å². The third-order valence-electron chi connectivity index (χ3n) is 5.40. The molecule has 1 amide bonds. The Kier molecular flexibility index (Phi) is 12.1. The fourth-order valence-corrected chi connectivity index (χ4v) is 3.39. The van der Waals surface area contributed by atoms with Crippen LogP contribution in [-0.4, -0.2) is 50.2 Å². The number of carbonyl (C=O) groups is 1. The number of amides is 1. The average molecular weight is 424 g/mol. The second-order valence-corrected chi connectivity index (χ2v) is 6.62. The van der Waals surface area contributed by atoms with E-state index in [1.165, 1.54) is 6.07 Å². The van der Waals surface area contributed by atoms with E-state index in [0.717, 1.165) is 18.7 Å². The number of carbonyl (C=O) groups excluding carboxylic acids is 1. The summed E-state index contributed by atoms with van der Waals surface area (Å²) in [7, 11) is 0. The predicted octanol–water partition coefficient (Wildman–Crippen LogP) is 2.92. The van der Waals surface area contributed by atoms with Crippen molar-refractivity contribution in [3.63, 3.8) is 0 Å². The van der Waals surface area contributed by atoms with Crippen LogP contribution in [-0.2, 0) is 9.53 Å². The number of rotatable bonds is 8. The van der Waals surface area contributed by atoms with E-state index >= 15 is 0 Å². The maximum absolute atomic E-state index is 13.7. The number of benzene rings is 1. The topological polar surface area (TPSA) is 67.6 Å². The van der Waals surface area contributed by atoms with Crippen molar-refractivity contribution in [2.45, 2.75) is 32.7 Å². The van der Waals surface area contributed by atoms with Gasteiger partial charge in [-0.15, -0.1) is 24.8 Å². The Hall–Kier alpha value is -0.920. The summed E-state index contributed by atoms with van der Waals surface area (Å²) >= 11 is 0. The molecule has 1 atom stereocenters. The minimum absolute atomic E-state index is 0. The van der Waals surface area contributed by atoms with Crippen LogP contribution >= 0.6 is 24.8 Å². The van der Waals surface area contributed by atoms with Crippen LogP contribution < -0.4 is 11.1 Å². The number of ether oxygens (including phenoxy) is 1. The van der Waals surface area contributed by atoms with Crippen molar-refractivity contribution >= 4 is 30.7 Å². The van der Waals surface area contributed by atoms with Gasteiger partial charge in [0.05, 0.1) is 24.7 Å². The second-order valence-electron chi connectivity index (χ2n) is 6.62. The van der Waals surface area contributed by atoms with Crippen molar-refractivity contribution in [3.05, 3.63) is 35.6 Å². The molecule has 0 aliphatic carbocycles. The summed E-state index contributed by atoms with van der Waals surface area (Å²) < 4.78 is 19.1. The predicted molar refractivity (Wildman–Crippen MR) is 111 cm³/mol. The van der Waals surface area contributed by atoms with E-state index in [-0.39, 0.29) is 42.6 Å². The lowest BCUT2D eigenvalue weighted by Crippen LogP contribution is -2.49. The molecule has 27 heavy (non-hydrogen) atoms. The van der Waals surface area contributed by atoms with Crippen molar-refractivity contribution in [2.24, 2.45) is 11.1 Å². The Labute approximate surface area is 174 Å². The van der Waals surface area contributed by atoms with Crippen LogP contribution in [0, 0.1) is 11.2 Å². The molecule has 0 spiro atoms. The molecule has 8 heteroatoms. The van der Waals surface area contributed by atoms with Crippen LogP contribution in [0.4, 0.5) is 4.39 Å². The van der Waals surface area contributed by atoms with Gasteiger partial charge < -0.3 is 15.8 Å². The fourth-order valence-electron chi connectivity index (χ4n) is 3.39. The normalized spacial score (nSPS) is 16.0. The number of nitrogens with zero attached hydrogens (tertiary/aromatic N) is 1. The molecule has 5 nitrogen and oxygen atoms in total. The molecule has 0 radical (unpaired) electrons. The number of nitrogens with two attached hydrogens (primary N) is 1. The summed E-state index contributed by atoms with van der Waals surface area (Å²) in [5, 5.41) is 3.07. The Morgan fingerprint density at radius 3 is 2.44 bits per heavy atom. The third kappa shape index (κ3) is 6.57. The highest BCUT2D eigenvalue weighted by Gasteiger charge is 2.34. The van der Waals surface area contributed by atoms with Crippen molar-refractivity contribution < 1.29 is 13.9 Å². The van der Waals surface area contributed by atoms with Gasteiger partial charge in [0.25, 0.3) is 0 Å². The molecule has 0 aromatic heterocycles. The van der Waals surface area contributed by atoms with Gasteiger partial charge in [-0.3, -0.25) is 9.69 Å².